The lowest BCUT2D eigenvalue weighted by Crippen LogP contribution is -2.33. The minimum absolute atomic E-state index is 0.746. The lowest BCUT2D eigenvalue weighted by atomic mass is 9.92. The van der Waals surface area contributed by atoms with Gasteiger partial charge in [-0.05, 0) is 48.8 Å². The van der Waals surface area contributed by atoms with Gasteiger partial charge in [0.05, 0.1) is 0 Å². The first-order valence-corrected chi connectivity index (χ1v) is 8.03. The summed E-state index contributed by atoms with van der Waals surface area (Å²) in [5.74, 6) is 1.72. The summed E-state index contributed by atoms with van der Waals surface area (Å²) in [6.45, 7) is 9.36. The van der Waals surface area contributed by atoms with E-state index < -0.39 is 0 Å². The first-order valence-electron chi connectivity index (χ1n) is 8.03. The molecule has 1 aromatic carbocycles. The second-order valence-electron chi connectivity index (χ2n) is 6.48. The maximum Gasteiger partial charge on any atom is 0.0366 e. The van der Waals surface area contributed by atoms with Gasteiger partial charge in [0.1, 0.15) is 0 Å². The summed E-state index contributed by atoms with van der Waals surface area (Å²) in [5.41, 5.74) is 2.89. The van der Waals surface area contributed by atoms with Gasteiger partial charge >= 0.3 is 0 Å². The highest BCUT2D eigenvalue weighted by molar-refractivity contribution is 5.48. The van der Waals surface area contributed by atoms with Crippen LogP contribution in [0.25, 0.3) is 0 Å². The lowest BCUT2D eigenvalue weighted by Gasteiger charge is -2.33. The van der Waals surface area contributed by atoms with Crippen molar-refractivity contribution in [2.75, 3.05) is 18.0 Å². The quantitative estimate of drug-likeness (QED) is 0.727. The van der Waals surface area contributed by atoms with Crippen LogP contribution in [-0.2, 0) is 6.42 Å². The Labute approximate surface area is 119 Å². The predicted octanol–water partition coefficient (Wildman–Crippen LogP) is 4.90. The molecule has 1 aliphatic heterocycles. The predicted molar refractivity (Wildman–Crippen MR) is 84.8 cm³/mol. The molecule has 106 valence electrons. The van der Waals surface area contributed by atoms with Crippen LogP contribution in [0.1, 0.15) is 52.0 Å². The van der Waals surface area contributed by atoms with Crippen LogP contribution in [0.2, 0.25) is 0 Å². The van der Waals surface area contributed by atoms with Gasteiger partial charge in [-0.2, -0.15) is 0 Å². The molecule has 0 atom stereocenters. The Kier molecular flexibility index (Phi) is 5.30. The third-order valence-corrected chi connectivity index (χ3v) is 4.26. The van der Waals surface area contributed by atoms with Gasteiger partial charge in [0, 0.05) is 18.8 Å². The third kappa shape index (κ3) is 4.26. The molecule has 0 saturated carbocycles. The van der Waals surface area contributed by atoms with Crippen LogP contribution < -0.4 is 4.90 Å². The van der Waals surface area contributed by atoms with Crippen LogP contribution in [0, 0.1) is 11.8 Å². The van der Waals surface area contributed by atoms with E-state index in [0.717, 1.165) is 11.8 Å². The molecule has 1 heteroatoms. The van der Waals surface area contributed by atoms with E-state index in [1.54, 1.807) is 0 Å². The average molecular weight is 259 g/mol. The molecule has 1 aliphatic rings. The van der Waals surface area contributed by atoms with E-state index in [9.17, 15) is 0 Å². The fourth-order valence-electron chi connectivity index (χ4n) is 3.20. The number of hydrogen-bond acceptors (Lipinski definition) is 1. The van der Waals surface area contributed by atoms with E-state index in [4.69, 9.17) is 0 Å². The highest BCUT2D eigenvalue weighted by Gasteiger charge is 2.18. The van der Waals surface area contributed by atoms with Crippen LogP contribution in [0.4, 0.5) is 5.69 Å². The summed E-state index contributed by atoms with van der Waals surface area (Å²) in [6.07, 6.45) is 6.71. The van der Waals surface area contributed by atoms with Crippen LogP contribution >= 0.6 is 0 Å². The number of benzene rings is 1. The van der Waals surface area contributed by atoms with Crippen molar-refractivity contribution < 1.29 is 0 Å². The SMILES string of the molecule is CCCC1CCN(c2ccc(CC(C)C)cc2)CC1. The Morgan fingerprint density at radius 1 is 1.11 bits per heavy atom. The molecule has 0 aromatic heterocycles. The van der Waals surface area contributed by atoms with E-state index in [1.165, 1.54) is 56.4 Å². The molecule has 0 amide bonds. The van der Waals surface area contributed by atoms with Crippen molar-refractivity contribution in [3.63, 3.8) is 0 Å². The number of anilines is 1. The van der Waals surface area contributed by atoms with Crippen molar-refractivity contribution in [3.05, 3.63) is 29.8 Å². The van der Waals surface area contributed by atoms with E-state index in [1.807, 2.05) is 0 Å². The molecular weight excluding hydrogens is 230 g/mol. The van der Waals surface area contributed by atoms with Gasteiger partial charge < -0.3 is 4.90 Å². The highest BCUT2D eigenvalue weighted by atomic mass is 15.1. The fourth-order valence-corrected chi connectivity index (χ4v) is 3.20. The molecule has 0 aliphatic carbocycles. The second kappa shape index (κ2) is 6.98. The molecule has 0 spiro atoms. The van der Waals surface area contributed by atoms with Gasteiger partial charge in [0.2, 0.25) is 0 Å². The minimum atomic E-state index is 0.746. The van der Waals surface area contributed by atoms with Crippen molar-refractivity contribution in [1.29, 1.82) is 0 Å². The van der Waals surface area contributed by atoms with Gasteiger partial charge in [-0.1, -0.05) is 45.7 Å². The molecule has 2 rings (SSSR count). The molecule has 1 saturated heterocycles. The van der Waals surface area contributed by atoms with E-state index in [2.05, 4.69) is 49.9 Å². The van der Waals surface area contributed by atoms with Crippen molar-refractivity contribution in [1.82, 2.24) is 0 Å². The summed E-state index contributed by atoms with van der Waals surface area (Å²) in [6, 6.07) is 9.26. The Hall–Kier alpha value is -0.980. The maximum absolute atomic E-state index is 2.56. The number of piperidine rings is 1. The van der Waals surface area contributed by atoms with Crippen molar-refractivity contribution in [2.45, 2.75) is 52.9 Å². The molecule has 1 fully saturated rings. The number of nitrogens with zero attached hydrogens (tertiary/aromatic N) is 1. The first kappa shape index (κ1) is 14.4. The Morgan fingerprint density at radius 3 is 2.26 bits per heavy atom. The molecule has 0 N–H and O–H groups in total. The smallest absolute Gasteiger partial charge is 0.0366 e. The maximum atomic E-state index is 2.56. The molecule has 1 heterocycles. The summed E-state index contributed by atoms with van der Waals surface area (Å²) < 4.78 is 0. The Morgan fingerprint density at radius 2 is 1.74 bits per heavy atom. The fraction of sp³-hybridized carbons (Fsp3) is 0.667. The van der Waals surface area contributed by atoms with Crippen LogP contribution in [0.15, 0.2) is 24.3 Å². The van der Waals surface area contributed by atoms with E-state index >= 15 is 0 Å². The number of rotatable bonds is 5. The summed E-state index contributed by atoms with van der Waals surface area (Å²) >= 11 is 0. The normalized spacial score (nSPS) is 17.2. The van der Waals surface area contributed by atoms with Crippen molar-refractivity contribution in [2.24, 2.45) is 11.8 Å². The van der Waals surface area contributed by atoms with E-state index in [0.29, 0.717) is 0 Å². The van der Waals surface area contributed by atoms with Crippen LogP contribution in [0.3, 0.4) is 0 Å². The highest BCUT2D eigenvalue weighted by Crippen LogP contribution is 2.26. The van der Waals surface area contributed by atoms with Gasteiger partial charge in [-0.25, -0.2) is 0 Å². The lowest BCUT2D eigenvalue weighted by molar-refractivity contribution is 0.378. The molecule has 1 nitrogen and oxygen atoms in total. The van der Waals surface area contributed by atoms with Gasteiger partial charge in [-0.3, -0.25) is 0 Å². The standard InChI is InChI=1S/C18H29N/c1-4-5-16-10-12-19(13-11-16)18-8-6-17(7-9-18)14-15(2)3/h6-9,15-16H,4-5,10-14H2,1-3H3. The second-order valence-corrected chi connectivity index (χ2v) is 6.48. The topological polar surface area (TPSA) is 3.24 Å². The molecular formula is C18H29N. The third-order valence-electron chi connectivity index (χ3n) is 4.26. The zero-order valence-corrected chi connectivity index (χ0v) is 12.9. The van der Waals surface area contributed by atoms with Crippen molar-refractivity contribution in [3.8, 4) is 0 Å². The summed E-state index contributed by atoms with van der Waals surface area (Å²) in [5, 5.41) is 0. The molecule has 0 unspecified atom stereocenters. The molecule has 0 radical (unpaired) electrons. The van der Waals surface area contributed by atoms with Crippen LogP contribution in [0.5, 0.6) is 0 Å². The molecule has 19 heavy (non-hydrogen) atoms. The Bertz CT molecular complexity index is 358. The van der Waals surface area contributed by atoms with E-state index in [-0.39, 0.29) is 0 Å². The largest absolute Gasteiger partial charge is 0.372 e. The van der Waals surface area contributed by atoms with Gasteiger partial charge in [0.25, 0.3) is 0 Å². The molecule has 1 aromatic rings. The van der Waals surface area contributed by atoms with Crippen molar-refractivity contribution >= 4 is 5.69 Å². The minimum Gasteiger partial charge on any atom is -0.372 e. The molecule has 0 bridgehead atoms. The summed E-state index contributed by atoms with van der Waals surface area (Å²) in [7, 11) is 0. The average Bonchev–Trinajstić information content (AvgIpc) is 2.40. The first-order chi connectivity index (χ1) is 9.19. The van der Waals surface area contributed by atoms with Gasteiger partial charge in [0.15, 0.2) is 0 Å². The zero-order chi connectivity index (χ0) is 13.7. The zero-order valence-electron chi connectivity index (χ0n) is 12.9. The number of hydrogen-bond donors (Lipinski definition) is 0. The monoisotopic (exact) mass is 259 g/mol. The Balaban J connectivity index is 1.89. The van der Waals surface area contributed by atoms with Gasteiger partial charge in [-0.15, -0.1) is 0 Å². The van der Waals surface area contributed by atoms with Crippen LogP contribution in [-0.4, -0.2) is 13.1 Å². The summed E-state index contributed by atoms with van der Waals surface area (Å²) in [4.78, 5) is 2.56.